The topological polar surface area (TPSA) is 107 Å². The summed E-state index contributed by atoms with van der Waals surface area (Å²) in [6.07, 6.45) is 1.48. The number of fused-ring (bicyclic) bond motifs is 1. The van der Waals surface area contributed by atoms with Gasteiger partial charge in [-0.25, -0.2) is 9.18 Å². The zero-order valence-electron chi connectivity index (χ0n) is 16.6. The summed E-state index contributed by atoms with van der Waals surface area (Å²) < 4.78 is 24.7. The average molecular weight is 426 g/mol. The molecule has 1 aliphatic heterocycles. The summed E-state index contributed by atoms with van der Waals surface area (Å²) in [6.45, 7) is 2.11. The Morgan fingerprint density at radius 2 is 2.03 bits per heavy atom. The molecule has 0 bridgehead atoms. The standard InChI is InChI=1S/C21H19FN4O5/c1-30-21(27)14-11-13(25-7-9-31-10-8-25)12-18(20(14)26(28)29)24-17-5-6-23-16-4-2-3-15(22)19(16)17/h2-6,11-12H,7-10H2,1H3,(H,23,24). The van der Waals surface area contributed by atoms with Gasteiger partial charge in [0.1, 0.15) is 17.1 Å². The molecule has 4 rings (SSSR count). The minimum Gasteiger partial charge on any atom is -0.465 e. The molecule has 1 aliphatic rings. The summed E-state index contributed by atoms with van der Waals surface area (Å²) in [4.78, 5) is 29.7. The first kappa shape index (κ1) is 20.5. The lowest BCUT2D eigenvalue weighted by molar-refractivity contribution is -0.384. The fourth-order valence-electron chi connectivity index (χ4n) is 3.59. The SMILES string of the molecule is COC(=O)c1cc(N2CCOCC2)cc(Nc2ccnc3cccc(F)c23)c1[N+](=O)[O-]. The number of benzene rings is 2. The number of nitro benzene ring substituents is 1. The van der Waals surface area contributed by atoms with Crippen LogP contribution in [0.15, 0.2) is 42.6 Å². The third kappa shape index (κ3) is 3.97. The maximum absolute atomic E-state index is 14.5. The Morgan fingerprint density at radius 3 is 2.74 bits per heavy atom. The molecule has 1 fully saturated rings. The second-order valence-electron chi connectivity index (χ2n) is 6.86. The highest BCUT2D eigenvalue weighted by Gasteiger charge is 2.29. The van der Waals surface area contributed by atoms with Gasteiger partial charge >= 0.3 is 11.7 Å². The fourth-order valence-corrected chi connectivity index (χ4v) is 3.59. The molecular weight excluding hydrogens is 407 g/mol. The molecule has 1 N–H and O–H groups in total. The van der Waals surface area contributed by atoms with Crippen molar-refractivity contribution >= 4 is 39.6 Å². The van der Waals surface area contributed by atoms with E-state index in [1.807, 2.05) is 4.90 Å². The third-order valence-electron chi connectivity index (χ3n) is 5.04. The first-order valence-electron chi connectivity index (χ1n) is 9.53. The lowest BCUT2D eigenvalue weighted by atomic mass is 10.1. The van der Waals surface area contributed by atoms with E-state index in [1.54, 1.807) is 12.1 Å². The highest BCUT2D eigenvalue weighted by Crippen LogP contribution is 2.38. The molecule has 9 nitrogen and oxygen atoms in total. The number of hydrogen-bond acceptors (Lipinski definition) is 8. The van der Waals surface area contributed by atoms with Crippen LogP contribution in [0.3, 0.4) is 0 Å². The fraction of sp³-hybridized carbons (Fsp3) is 0.238. The zero-order chi connectivity index (χ0) is 22.0. The smallest absolute Gasteiger partial charge is 0.345 e. The molecule has 1 saturated heterocycles. The van der Waals surface area contributed by atoms with Gasteiger partial charge in [-0.2, -0.15) is 0 Å². The molecule has 0 aliphatic carbocycles. The van der Waals surface area contributed by atoms with Gasteiger partial charge in [-0.15, -0.1) is 0 Å². The van der Waals surface area contributed by atoms with Crippen molar-refractivity contribution in [3.8, 4) is 0 Å². The molecule has 2 heterocycles. The molecule has 3 aromatic rings. The molecule has 1 aromatic heterocycles. The maximum atomic E-state index is 14.5. The van der Waals surface area contributed by atoms with Crippen molar-refractivity contribution in [1.82, 2.24) is 4.98 Å². The Labute approximate surface area is 176 Å². The van der Waals surface area contributed by atoms with E-state index in [-0.39, 0.29) is 16.6 Å². The molecule has 2 aromatic carbocycles. The summed E-state index contributed by atoms with van der Waals surface area (Å²) in [6, 6.07) is 8.99. The Kier molecular flexibility index (Phi) is 5.63. The van der Waals surface area contributed by atoms with Crippen LogP contribution in [0.1, 0.15) is 10.4 Å². The largest absolute Gasteiger partial charge is 0.465 e. The number of pyridine rings is 1. The van der Waals surface area contributed by atoms with E-state index < -0.39 is 22.4 Å². The number of methoxy groups -OCH3 is 1. The summed E-state index contributed by atoms with van der Waals surface area (Å²) in [5, 5.41) is 15.0. The first-order chi connectivity index (χ1) is 15.0. The number of morpholine rings is 1. The van der Waals surface area contributed by atoms with E-state index in [1.165, 1.54) is 30.5 Å². The third-order valence-corrected chi connectivity index (χ3v) is 5.04. The number of carbonyl (C=O) groups is 1. The number of anilines is 3. The number of nitrogens with zero attached hydrogens (tertiary/aromatic N) is 3. The Morgan fingerprint density at radius 1 is 1.26 bits per heavy atom. The van der Waals surface area contributed by atoms with E-state index in [0.29, 0.717) is 43.2 Å². The molecule has 0 spiro atoms. The molecular formula is C21H19FN4O5. The van der Waals surface area contributed by atoms with Gasteiger partial charge in [0.2, 0.25) is 0 Å². The molecule has 0 atom stereocenters. The molecule has 10 heteroatoms. The van der Waals surface area contributed by atoms with Crippen molar-refractivity contribution in [2.45, 2.75) is 0 Å². The van der Waals surface area contributed by atoms with E-state index in [0.717, 1.165) is 7.11 Å². The van der Waals surface area contributed by atoms with Gasteiger partial charge in [0.25, 0.3) is 0 Å². The number of rotatable bonds is 5. The Hall–Kier alpha value is -3.79. The van der Waals surface area contributed by atoms with Gasteiger partial charge in [-0.1, -0.05) is 6.07 Å². The monoisotopic (exact) mass is 426 g/mol. The number of nitro groups is 1. The molecule has 0 unspecified atom stereocenters. The van der Waals surface area contributed by atoms with Crippen molar-refractivity contribution < 1.29 is 23.6 Å². The van der Waals surface area contributed by atoms with Crippen LogP contribution in [0.2, 0.25) is 0 Å². The van der Waals surface area contributed by atoms with Gasteiger partial charge in [0.15, 0.2) is 0 Å². The molecule has 0 saturated carbocycles. The van der Waals surface area contributed by atoms with Crippen molar-refractivity contribution in [3.05, 3.63) is 64.1 Å². The number of aromatic nitrogens is 1. The van der Waals surface area contributed by atoms with Crippen LogP contribution in [-0.2, 0) is 9.47 Å². The molecule has 160 valence electrons. The van der Waals surface area contributed by atoms with Crippen LogP contribution in [-0.4, -0.2) is 49.3 Å². The highest BCUT2D eigenvalue weighted by molar-refractivity contribution is 6.01. The van der Waals surface area contributed by atoms with Crippen molar-refractivity contribution in [2.75, 3.05) is 43.6 Å². The second kappa shape index (κ2) is 8.52. The Bertz CT molecular complexity index is 1160. The van der Waals surface area contributed by atoms with E-state index in [4.69, 9.17) is 9.47 Å². The van der Waals surface area contributed by atoms with Crippen LogP contribution in [0, 0.1) is 15.9 Å². The predicted molar refractivity (Wildman–Crippen MR) is 112 cm³/mol. The minimum atomic E-state index is -0.837. The first-order valence-corrected chi connectivity index (χ1v) is 9.53. The van der Waals surface area contributed by atoms with Crippen molar-refractivity contribution in [1.29, 1.82) is 0 Å². The van der Waals surface area contributed by atoms with Gasteiger partial charge < -0.3 is 19.7 Å². The van der Waals surface area contributed by atoms with Gasteiger partial charge in [-0.05, 0) is 30.3 Å². The molecule has 0 amide bonds. The number of halogens is 1. The lowest BCUT2D eigenvalue weighted by Gasteiger charge is -2.29. The van der Waals surface area contributed by atoms with E-state index in [2.05, 4.69) is 10.3 Å². The van der Waals surface area contributed by atoms with Gasteiger partial charge in [0, 0.05) is 25.0 Å². The molecule has 31 heavy (non-hydrogen) atoms. The van der Waals surface area contributed by atoms with Crippen molar-refractivity contribution in [2.24, 2.45) is 0 Å². The van der Waals surface area contributed by atoms with Gasteiger partial charge in [-0.3, -0.25) is 15.1 Å². The van der Waals surface area contributed by atoms with Crippen LogP contribution in [0.25, 0.3) is 10.9 Å². The predicted octanol–water partition coefficient (Wildman–Crippen LogP) is 3.65. The number of ether oxygens (including phenoxy) is 2. The van der Waals surface area contributed by atoms with E-state index >= 15 is 0 Å². The van der Waals surface area contributed by atoms with E-state index in [9.17, 15) is 19.3 Å². The zero-order valence-corrected chi connectivity index (χ0v) is 16.6. The minimum absolute atomic E-state index is 0.0464. The number of carbonyl (C=O) groups excluding carboxylic acids is 1. The summed E-state index contributed by atoms with van der Waals surface area (Å²) in [5.41, 5.74) is 0.676. The summed E-state index contributed by atoms with van der Waals surface area (Å²) >= 11 is 0. The normalized spacial score (nSPS) is 13.8. The van der Waals surface area contributed by atoms with Crippen LogP contribution in [0.5, 0.6) is 0 Å². The highest BCUT2D eigenvalue weighted by atomic mass is 19.1. The average Bonchev–Trinajstić information content (AvgIpc) is 2.78. The van der Waals surface area contributed by atoms with Crippen LogP contribution in [0.4, 0.5) is 27.1 Å². The summed E-state index contributed by atoms with van der Waals surface area (Å²) in [7, 11) is 1.16. The molecule has 0 radical (unpaired) electrons. The van der Waals surface area contributed by atoms with Crippen LogP contribution < -0.4 is 10.2 Å². The second-order valence-corrected chi connectivity index (χ2v) is 6.86. The lowest BCUT2D eigenvalue weighted by Crippen LogP contribution is -2.36. The van der Waals surface area contributed by atoms with Crippen LogP contribution >= 0.6 is 0 Å². The Balaban J connectivity index is 1.89. The van der Waals surface area contributed by atoms with Crippen molar-refractivity contribution in [3.63, 3.8) is 0 Å². The van der Waals surface area contributed by atoms with Gasteiger partial charge in [0.05, 0.1) is 41.8 Å². The number of hydrogen-bond donors (Lipinski definition) is 1. The number of esters is 1. The summed E-state index contributed by atoms with van der Waals surface area (Å²) in [5.74, 6) is -1.36. The maximum Gasteiger partial charge on any atom is 0.345 e. The number of nitrogens with one attached hydrogen (secondary N) is 1. The quantitative estimate of drug-likeness (QED) is 0.374.